The molecular formula is C16H29N3O3. The number of aromatic nitrogens is 2. The molecule has 1 amide bonds. The Morgan fingerprint density at radius 3 is 2.23 bits per heavy atom. The molecule has 126 valence electrons. The summed E-state index contributed by atoms with van der Waals surface area (Å²) in [6, 6.07) is -0.470. The minimum absolute atomic E-state index is 0.285. The van der Waals surface area contributed by atoms with Gasteiger partial charge < -0.3 is 9.63 Å². The van der Waals surface area contributed by atoms with Crippen LogP contribution < -0.4 is 0 Å². The van der Waals surface area contributed by atoms with E-state index in [1.54, 1.807) is 6.92 Å². The molecule has 22 heavy (non-hydrogen) atoms. The number of rotatable bonds is 7. The highest BCUT2D eigenvalue weighted by Gasteiger charge is 2.34. The van der Waals surface area contributed by atoms with Gasteiger partial charge in [-0.25, -0.2) is 4.79 Å². The summed E-state index contributed by atoms with van der Waals surface area (Å²) < 4.78 is 5.36. The molecule has 0 aliphatic carbocycles. The summed E-state index contributed by atoms with van der Waals surface area (Å²) in [4.78, 5) is 17.4. The molecule has 1 aromatic heterocycles. The van der Waals surface area contributed by atoms with Crippen molar-refractivity contribution in [1.29, 1.82) is 0 Å². The summed E-state index contributed by atoms with van der Waals surface area (Å²) in [5.41, 5.74) is -0.536. The van der Waals surface area contributed by atoms with Crippen molar-refractivity contribution >= 4 is 6.09 Å². The van der Waals surface area contributed by atoms with E-state index < -0.39 is 17.7 Å². The maximum absolute atomic E-state index is 11.5. The maximum atomic E-state index is 11.5. The molecule has 0 unspecified atom stereocenters. The van der Waals surface area contributed by atoms with Gasteiger partial charge in [0.1, 0.15) is 6.04 Å². The average molecular weight is 311 g/mol. The van der Waals surface area contributed by atoms with E-state index in [0.717, 1.165) is 25.7 Å². The lowest BCUT2D eigenvalue weighted by Crippen LogP contribution is -2.46. The first-order valence-electron chi connectivity index (χ1n) is 8.08. The summed E-state index contributed by atoms with van der Waals surface area (Å²) >= 11 is 0. The summed E-state index contributed by atoms with van der Waals surface area (Å²) in [5, 5.41) is 13.6. The van der Waals surface area contributed by atoms with Gasteiger partial charge in [0.25, 0.3) is 0 Å². The van der Waals surface area contributed by atoms with E-state index in [0.29, 0.717) is 11.7 Å². The quantitative estimate of drug-likeness (QED) is 0.796. The minimum Gasteiger partial charge on any atom is -0.465 e. The number of nitrogens with zero attached hydrogens (tertiary/aromatic N) is 3. The van der Waals surface area contributed by atoms with Crippen molar-refractivity contribution in [3.8, 4) is 0 Å². The first-order chi connectivity index (χ1) is 10.2. The van der Waals surface area contributed by atoms with Crippen LogP contribution in [-0.2, 0) is 0 Å². The second kappa shape index (κ2) is 7.61. The molecule has 0 spiro atoms. The molecule has 6 nitrogen and oxygen atoms in total. The molecule has 1 atom stereocenters. The molecule has 0 aromatic carbocycles. The Kier molecular flexibility index (Phi) is 6.38. The summed E-state index contributed by atoms with van der Waals surface area (Å²) in [6.07, 6.45) is 3.17. The van der Waals surface area contributed by atoms with Crippen LogP contribution in [0.1, 0.15) is 90.9 Å². The van der Waals surface area contributed by atoms with Crippen molar-refractivity contribution in [3.63, 3.8) is 0 Å². The zero-order chi connectivity index (χ0) is 16.9. The molecule has 0 radical (unpaired) electrons. The van der Waals surface area contributed by atoms with E-state index in [4.69, 9.17) is 4.52 Å². The third kappa shape index (κ3) is 4.45. The zero-order valence-electron chi connectivity index (χ0n) is 14.6. The lowest BCUT2D eigenvalue weighted by molar-refractivity contribution is 0.0643. The molecule has 6 heteroatoms. The number of carboxylic acid groups (broad SMARTS) is 1. The summed E-state index contributed by atoms with van der Waals surface area (Å²) in [5.74, 6) is 1.35. The van der Waals surface area contributed by atoms with Crippen LogP contribution in [0.25, 0.3) is 0 Å². The van der Waals surface area contributed by atoms with E-state index in [1.165, 1.54) is 4.90 Å². The molecule has 0 fully saturated rings. The van der Waals surface area contributed by atoms with Crippen molar-refractivity contribution in [2.75, 3.05) is 0 Å². The van der Waals surface area contributed by atoms with Crippen LogP contribution in [-0.4, -0.2) is 31.8 Å². The lowest BCUT2D eigenvalue weighted by atomic mass is 9.98. The summed E-state index contributed by atoms with van der Waals surface area (Å²) in [6.45, 7) is 11.6. The highest BCUT2D eigenvalue weighted by molar-refractivity contribution is 5.66. The Hall–Kier alpha value is -1.59. The van der Waals surface area contributed by atoms with Gasteiger partial charge in [-0.05, 0) is 40.5 Å². The van der Waals surface area contributed by atoms with Crippen LogP contribution in [0.3, 0.4) is 0 Å². The maximum Gasteiger partial charge on any atom is 0.408 e. The van der Waals surface area contributed by atoms with Crippen LogP contribution in [0.15, 0.2) is 4.52 Å². The van der Waals surface area contributed by atoms with Crippen molar-refractivity contribution in [1.82, 2.24) is 15.0 Å². The molecule has 0 saturated heterocycles. The monoisotopic (exact) mass is 311 g/mol. The van der Waals surface area contributed by atoms with Crippen LogP contribution >= 0.6 is 0 Å². The SMILES string of the molecule is CCCC(CCC)c1noc([C@H](C)N(C(=O)O)C(C)(C)C)n1. The lowest BCUT2D eigenvalue weighted by Gasteiger charge is -2.36. The van der Waals surface area contributed by atoms with Gasteiger partial charge in [0, 0.05) is 11.5 Å². The Balaban J connectivity index is 3.00. The fourth-order valence-electron chi connectivity index (χ4n) is 2.83. The highest BCUT2D eigenvalue weighted by Crippen LogP contribution is 2.29. The highest BCUT2D eigenvalue weighted by atomic mass is 16.5. The van der Waals surface area contributed by atoms with Crippen molar-refractivity contribution in [3.05, 3.63) is 11.7 Å². The smallest absolute Gasteiger partial charge is 0.408 e. The molecule has 0 aliphatic heterocycles. The normalized spacial score (nSPS) is 13.4. The van der Waals surface area contributed by atoms with Crippen molar-refractivity contribution in [2.45, 2.75) is 84.7 Å². The fourth-order valence-corrected chi connectivity index (χ4v) is 2.83. The standard InChI is InChI=1S/C16H29N3O3/c1-7-9-12(10-8-2)13-17-14(22-18-13)11(3)19(15(20)21)16(4,5)6/h11-12H,7-10H2,1-6H3,(H,20,21)/t11-/m0/s1. The van der Waals surface area contributed by atoms with E-state index in [1.807, 2.05) is 20.8 Å². The van der Waals surface area contributed by atoms with Gasteiger partial charge in [0.2, 0.25) is 5.89 Å². The second-order valence-electron chi connectivity index (χ2n) is 6.76. The van der Waals surface area contributed by atoms with Gasteiger partial charge in [-0.2, -0.15) is 4.98 Å². The molecule has 0 bridgehead atoms. The van der Waals surface area contributed by atoms with Crippen LogP contribution in [0.5, 0.6) is 0 Å². The number of hydrogen-bond acceptors (Lipinski definition) is 4. The largest absolute Gasteiger partial charge is 0.465 e. The Morgan fingerprint density at radius 2 is 1.82 bits per heavy atom. The van der Waals surface area contributed by atoms with E-state index in [-0.39, 0.29) is 5.92 Å². The van der Waals surface area contributed by atoms with Gasteiger partial charge in [0.05, 0.1) is 0 Å². The predicted molar refractivity (Wildman–Crippen MR) is 84.9 cm³/mol. The molecular weight excluding hydrogens is 282 g/mol. The Bertz CT molecular complexity index is 473. The van der Waals surface area contributed by atoms with E-state index in [9.17, 15) is 9.90 Å². The predicted octanol–water partition coefficient (Wildman–Crippen LogP) is 4.59. The number of hydrogen-bond donors (Lipinski definition) is 1. The van der Waals surface area contributed by atoms with Gasteiger partial charge in [-0.15, -0.1) is 0 Å². The van der Waals surface area contributed by atoms with E-state index >= 15 is 0 Å². The third-order valence-corrected chi connectivity index (χ3v) is 3.77. The first kappa shape index (κ1) is 18.5. The van der Waals surface area contributed by atoms with Gasteiger partial charge in [-0.1, -0.05) is 31.8 Å². The molecule has 0 aliphatic rings. The Morgan fingerprint density at radius 1 is 1.27 bits per heavy atom. The zero-order valence-corrected chi connectivity index (χ0v) is 14.6. The topological polar surface area (TPSA) is 79.5 Å². The fraction of sp³-hybridized carbons (Fsp3) is 0.812. The first-order valence-corrected chi connectivity index (χ1v) is 8.08. The van der Waals surface area contributed by atoms with Gasteiger partial charge in [-0.3, -0.25) is 4.90 Å². The molecule has 1 rings (SSSR count). The van der Waals surface area contributed by atoms with Gasteiger partial charge in [0.15, 0.2) is 5.82 Å². The summed E-state index contributed by atoms with van der Waals surface area (Å²) in [7, 11) is 0. The van der Waals surface area contributed by atoms with Crippen molar-refractivity contribution in [2.24, 2.45) is 0 Å². The molecule has 0 saturated carbocycles. The minimum atomic E-state index is -0.988. The van der Waals surface area contributed by atoms with E-state index in [2.05, 4.69) is 24.0 Å². The van der Waals surface area contributed by atoms with Crippen LogP contribution in [0, 0.1) is 0 Å². The molecule has 1 aromatic rings. The molecule has 1 N–H and O–H groups in total. The Labute approximate surface area is 132 Å². The average Bonchev–Trinajstić information content (AvgIpc) is 2.85. The van der Waals surface area contributed by atoms with Crippen LogP contribution in [0.2, 0.25) is 0 Å². The number of amides is 1. The van der Waals surface area contributed by atoms with Crippen molar-refractivity contribution < 1.29 is 14.4 Å². The van der Waals surface area contributed by atoms with Gasteiger partial charge >= 0.3 is 6.09 Å². The molecule has 1 heterocycles. The third-order valence-electron chi connectivity index (χ3n) is 3.77. The second-order valence-corrected chi connectivity index (χ2v) is 6.76. The number of carbonyl (C=O) groups is 1. The van der Waals surface area contributed by atoms with Crippen LogP contribution in [0.4, 0.5) is 4.79 Å².